The molecule has 1 unspecified atom stereocenters. The minimum Gasteiger partial charge on any atom is -0.462 e. The summed E-state index contributed by atoms with van der Waals surface area (Å²) in [4.78, 5) is 37.9. The minimum absolute atomic E-state index is 0.124. The molecule has 0 radical (unpaired) electrons. The smallest absolute Gasteiger partial charge is 0.306 e. The second-order valence-corrected chi connectivity index (χ2v) is 16.1. The molecular weight excluding hydrogens is 769 g/mol. The first-order valence-corrected chi connectivity index (χ1v) is 24.9. The number of hydrogen-bond acceptors (Lipinski definition) is 6. The van der Waals surface area contributed by atoms with Crippen LogP contribution in [0.5, 0.6) is 0 Å². The molecule has 0 aliphatic heterocycles. The van der Waals surface area contributed by atoms with Crippen LogP contribution >= 0.6 is 0 Å². The molecule has 0 fully saturated rings. The average Bonchev–Trinajstić information content (AvgIpc) is 3.27. The third kappa shape index (κ3) is 47.1. The molecular formula is C56H90O6. The molecule has 62 heavy (non-hydrogen) atoms. The summed E-state index contributed by atoms with van der Waals surface area (Å²) < 4.78 is 16.7. The minimum atomic E-state index is -0.825. The first-order chi connectivity index (χ1) is 30.5. The molecule has 0 N–H and O–H groups in total. The van der Waals surface area contributed by atoms with Gasteiger partial charge in [0.15, 0.2) is 6.10 Å². The van der Waals surface area contributed by atoms with Crippen LogP contribution in [0.1, 0.15) is 207 Å². The van der Waals surface area contributed by atoms with Crippen molar-refractivity contribution in [2.24, 2.45) is 0 Å². The summed E-state index contributed by atoms with van der Waals surface area (Å²) in [6.07, 6.45) is 66.5. The number of ether oxygens (including phenoxy) is 3. The summed E-state index contributed by atoms with van der Waals surface area (Å²) in [5, 5.41) is 0. The summed E-state index contributed by atoms with van der Waals surface area (Å²) in [5.74, 6) is -1.04. The molecule has 0 bridgehead atoms. The van der Waals surface area contributed by atoms with E-state index in [0.717, 1.165) is 89.9 Å². The second kappa shape index (κ2) is 49.7. The molecule has 0 aromatic carbocycles. The second-order valence-electron chi connectivity index (χ2n) is 16.1. The highest BCUT2D eigenvalue weighted by molar-refractivity contribution is 5.71. The fourth-order valence-corrected chi connectivity index (χ4v) is 6.32. The third-order valence-electron chi connectivity index (χ3n) is 10.1. The van der Waals surface area contributed by atoms with Crippen LogP contribution in [0, 0.1) is 0 Å². The molecule has 0 aliphatic carbocycles. The van der Waals surface area contributed by atoms with E-state index >= 15 is 0 Å². The topological polar surface area (TPSA) is 78.9 Å². The van der Waals surface area contributed by atoms with Crippen LogP contribution in [0.25, 0.3) is 0 Å². The molecule has 0 amide bonds. The van der Waals surface area contributed by atoms with E-state index in [9.17, 15) is 14.4 Å². The van der Waals surface area contributed by atoms with Crippen molar-refractivity contribution >= 4 is 17.9 Å². The van der Waals surface area contributed by atoms with Gasteiger partial charge in [-0.25, -0.2) is 0 Å². The molecule has 0 heterocycles. The van der Waals surface area contributed by atoms with Crippen LogP contribution in [0.2, 0.25) is 0 Å². The van der Waals surface area contributed by atoms with Gasteiger partial charge >= 0.3 is 17.9 Å². The van der Waals surface area contributed by atoms with Crippen molar-refractivity contribution in [3.8, 4) is 0 Å². The van der Waals surface area contributed by atoms with Crippen LogP contribution in [-0.4, -0.2) is 37.2 Å². The number of esters is 3. The van der Waals surface area contributed by atoms with Gasteiger partial charge in [0, 0.05) is 19.3 Å². The van der Waals surface area contributed by atoms with Crippen molar-refractivity contribution in [1.29, 1.82) is 0 Å². The zero-order valence-electron chi connectivity index (χ0n) is 39.8. The fraction of sp³-hybridized carbons (Fsp3) is 0.625. The molecule has 0 saturated carbocycles. The first kappa shape index (κ1) is 58.1. The Morgan fingerprint density at radius 2 is 0.710 bits per heavy atom. The van der Waals surface area contributed by atoms with E-state index in [1.54, 1.807) is 0 Å². The van der Waals surface area contributed by atoms with Gasteiger partial charge in [0.2, 0.25) is 0 Å². The standard InChI is InChI=1S/C56H90O6/c1-4-7-10-13-16-19-22-25-27-28-29-32-34-37-40-43-46-49-55(58)61-52-53(51-60-54(57)48-45-42-39-36-33-30-24-21-18-15-12-9-6-3)62-56(59)50-47-44-41-38-35-31-26-23-20-17-14-11-8-5-2/h9,12,15-16,18-19,21,24-25,27,29-33,35,37,40,53H,4-8,10-11,13-14,17,20,22-23,26,28,34,36,38-39,41-52H2,1-3H3/b12-9-,18-15-,19-16-,24-21-,27-25-,32-29-,33-30-,35-31-,40-37-. The normalized spacial score (nSPS) is 13.0. The van der Waals surface area contributed by atoms with E-state index in [1.165, 1.54) is 70.6 Å². The Hall–Kier alpha value is -3.93. The zero-order chi connectivity index (χ0) is 45.1. The Morgan fingerprint density at radius 3 is 1.24 bits per heavy atom. The maximum atomic E-state index is 12.8. The van der Waals surface area contributed by atoms with Crippen LogP contribution in [0.3, 0.4) is 0 Å². The van der Waals surface area contributed by atoms with Gasteiger partial charge < -0.3 is 14.2 Å². The molecule has 0 rings (SSSR count). The lowest BCUT2D eigenvalue weighted by atomic mass is 10.1. The van der Waals surface area contributed by atoms with Gasteiger partial charge in [0.1, 0.15) is 13.2 Å². The molecule has 350 valence electrons. The monoisotopic (exact) mass is 859 g/mol. The van der Waals surface area contributed by atoms with E-state index < -0.39 is 6.10 Å². The van der Waals surface area contributed by atoms with Gasteiger partial charge in [-0.05, 0) is 103 Å². The Kier molecular flexibility index (Phi) is 46.6. The van der Waals surface area contributed by atoms with E-state index in [1.807, 2.05) is 36.5 Å². The van der Waals surface area contributed by atoms with Crippen molar-refractivity contribution < 1.29 is 28.6 Å². The largest absolute Gasteiger partial charge is 0.462 e. The van der Waals surface area contributed by atoms with E-state index in [4.69, 9.17) is 14.2 Å². The van der Waals surface area contributed by atoms with Gasteiger partial charge in [0.05, 0.1) is 0 Å². The summed E-state index contributed by atoms with van der Waals surface area (Å²) >= 11 is 0. The molecule has 6 nitrogen and oxygen atoms in total. The van der Waals surface area contributed by atoms with Crippen molar-refractivity contribution in [2.45, 2.75) is 213 Å². The molecule has 0 aliphatic rings. The van der Waals surface area contributed by atoms with Gasteiger partial charge in [-0.3, -0.25) is 14.4 Å². The molecule has 0 spiro atoms. The molecule has 0 aromatic rings. The number of hydrogen-bond donors (Lipinski definition) is 0. The lowest BCUT2D eigenvalue weighted by molar-refractivity contribution is -0.167. The van der Waals surface area contributed by atoms with Crippen molar-refractivity contribution in [2.75, 3.05) is 13.2 Å². The fourth-order valence-electron chi connectivity index (χ4n) is 6.32. The van der Waals surface area contributed by atoms with E-state index in [2.05, 4.69) is 93.7 Å². The van der Waals surface area contributed by atoms with Crippen LogP contribution in [0.15, 0.2) is 109 Å². The lowest BCUT2D eigenvalue weighted by Gasteiger charge is -2.18. The predicted molar refractivity (Wildman–Crippen MR) is 265 cm³/mol. The van der Waals surface area contributed by atoms with Crippen LogP contribution < -0.4 is 0 Å². The Labute approximate surface area is 380 Å². The number of carbonyl (C=O) groups is 3. The molecule has 6 heteroatoms. The number of carbonyl (C=O) groups excluding carboxylic acids is 3. The van der Waals surface area contributed by atoms with E-state index in [0.29, 0.717) is 12.8 Å². The Balaban J connectivity index is 4.57. The van der Waals surface area contributed by atoms with Gasteiger partial charge in [-0.15, -0.1) is 0 Å². The Morgan fingerprint density at radius 1 is 0.355 bits per heavy atom. The SMILES string of the molecule is CC\C=C/C=C\C=C/C=C\CCCCCC(=O)OCC(COC(=O)CCC/C=C\C/C=C\C/C=C\C/C=C\CCCCC)OC(=O)CCCCC/C=C\CCCCCCCCC. The predicted octanol–water partition coefficient (Wildman–Crippen LogP) is 16.4. The molecule has 1 atom stereocenters. The van der Waals surface area contributed by atoms with Crippen LogP contribution in [-0.2, 0) is 28.6 Å². The maximum absolute atomic E-state index is 12.8. The summed E-state index contributed by atoms with van der Waals surface area (Å²) in [5.41, 5.74) is 0. The number of unbranched alkanes of at least 4 members (excludes halogenated alkanes) is 17. The van der Waals surface area contributed by atoms with Gasteiger partial charge in [0.25, 0.3) is 0 Å². The average molecular weight is 859 g/mol. The number of allylic oxidation sites excluding steroid dienone is 18. The highest BCUT2D eigenvalue weighted by atomic mass is 16.6. The highest BCUT2D eigenvalue weighted by Gasteiger charge is 2.19. The van der Waals surface area contributed by atoms with Gasteiger partial charge in [-0.1, -0.05) is 194 Å². The third-order valence-corrected chi connectivity index (χ3v) is 10.1. The first-order valence-electron chi connectivity index (χ1n) is 24.9. The van der Waals surface area contributed by atoms with Crippen molar-refractivity contribution in [3.05, 3.63) is 109 Å². The van der Waals surface area contributed by atoms with Crippen molar-refractivity contribution in [3.63, 3.8) is 0 Å². The van der Waals surface area contributed by atoms with Crippen LogP contribution in [0.4, 0.5) is 0 Å². The lowest BCUT2D eigenvalue weighted by Crippen LogP contribution is -2.30. The van der Waals surface area contributed by atoms with Crippen molar-refractivity contribution in [1.82, 2.24) is 0 Å². The van der Waals surface area contributed by atoms with E-state index in [-0.39, 0.29) is 44.0 Å². The Bertz CT molecular complexity index is 1310. The molecule has 0 aromatic heterocycles. The maximum Gasteiger partial charge on any atom is 0.306 e. The van der Waals surface area contributed by atoms with Gasteiger partial charge in [-0.2, -0.15) is 0 Å². The summed E-state index contributed by atoms with van der Waals surface area (Å²) in [7, 11) is 0. The zero-order valence-corrected chi connectivity index (χ0v) is 39.8. The summed E-state index contributed by atoms with van der Waals surface area (Å²) in [6.45, 7) is 6.35. The summed E-state index contributed by atoms with van der Waals surface area (Å²) in [6, 6.07) is 0. The quantitative estimate of drug-likeness (QED) is 0.0200. The number of rotatable bonds is 43. The molecule has 0 saturated heterocycles. The highest BCUT2D eigenvalue weighted by Crippen LogP contribution is 2.12.